The quantitative estimate of drug-likeness (QED) is 0.713. The Balaban J connectivity index is 2.20. The van der Waals surface area contributed by atoms with Gasteiger partial charge in [0.2, 0.25) is 0 Å². The van der Waals surface area contributed by atoms with E-state index in [1.54, 1.807) is 0 Å². The molecule has 16 heavy (non-hydrogen) atoms. The molecule has 0 bridgehead atoms. The van der Waals surface area contributed by atoms with Gasteiger partial charge in [-0.3, -0.25) is 0 Å². The van der Waals surface area contributed by atoms with Crippen LogP contribution in [0.2, 0.25) is 0 Å². The molecule has 1 nitrogen and oxygen atoms in total. The molecule has 1 aliphatic carbocycles. The van der Waals surface area contributed by atoms with Crippen molar-refractivity contribution in [2.45, 2.75) is 72.3 Å². The average Bonchev–Trinajstić information content (AvgIpc) is 2.11. The first kappa shape index (κ1) is 14.0. The molecule has 0 aromatic carbocycles. The number of rotatable bonds is 6. The lowest BCUT2D eigenvalue weighted by molar-refractivity contribution is 0.130. The molecule has 96 valence electrons. The van der Waals surface area contributed by atoms with Crippen LogP contribution in [0, 0.1) is 17.8 Å². The van der Waals surface area contributed by atoms with Crippen molar-refractivity contribution in [3.63, 3.8) is 0 Å². The summed E-state index contributed by atoms with van der Waals surface area (Å²) in [6.07, 6.45) is 7.15. The first-order valence-corrected chi connectivity index (χ1v) is 7.17. The Hall–Kier alpha value is -0.0400. The third-order valence-electron chi connectivity index (χ3n) is 3.96. The van der Waals surface area contributed by atoms with Gasteiger partial charge in [0.15, 0.2) is 0 Å². The highest BCUT2D eigenvalue weighted by Gasteiger charge is 2.31. The Morgan fingerprint density at radius 2 is 1.81 bits per heavy atom. The van der Waals surface area contributed by atoms with E-state index in [1.165, 1.54) is 38.6 Å². The van der Waals surface area contributed by atoms with Gasteiger partial charge in [-0.15, -0.1) is 0 Å². The summed E-state index contributed by atoms with van der Waals surface area (Å²) in [7, 11) is 0. The second-order valence-electron chi connectivity index (χ2n) is 6.86. The van der Waals surface area contributed by atoms with Crippen LogP contribution in [-0.2, 0) is 0 Å². The van der Waals surface area contributed by atoms with Gasteiger partial charge in [-0.25, -0.2) is 0 Å². The van der Waals surface area contributed by atoms with Crippen molar-refractivity contribution in [2.24, 2.45) is 17.8 Å². The van der Waals surface area contributed by atoms with Crippen LogP contribution in [0.4, 0.5) is 0 Å². The van der Waals surface area contributed by atoms with E-state index in [9.17, 15) is 0 Å². The van der Waals surface area contributed by atoms with E-state index in [-0.39, 0.29) is 5.54 Å². The summed E-state index contributed by atoms with van der Waals surface area (Å²) < 4.78 is 0. The van der Waals surface area contributed by atoms with E-state index in [0.717, 1.165) is 17.8 Å². The highest BCUT2D eigenvalue weighted by molar-refractivity contribution is 4.85. The molecule has 0 aromatic heterocycles. The first-order valence-electron chi connectivity index (χ1n) is 7.17. The maximum Gasteiger partial charge on any atom is 0.00966 e. The molecule has 1 heteroatoms. The highest BCUT2D eigenvalue weighted by atomic mass is 14.9. The third kappa shape index (κ3) is 4.86. The minimum atomic E-state index is 0.287. The average molecular weight is 225 g/mol. The van der Waals surface area contributed by atoms with Crippen molar-refractivity contribution in [1.29, 1.82) is 0 Å². The maximum absolute atomic E-state index is 3.66. The zero-order valence-electron chi connectivity index (χ0n) is 12.0. The molecule has 1 N–H and O–H groups in total. The topological polar surface area (TPSA) is 12.0 Å². The van der Waals surface area contributed by atoms with Crippen molar-refractivity contribution in [3.05, 3.63) is 0 Å². The summed E-state index contributed by atoms with van der Waals surface area (Å²) in [6, 6.07) is 0. The molecule has 1 aliphatic rings. The van der Waals surface area contributed by atoms with E-state index < -0.39 is 0 Å². The minimum absolute atomic E-state index is 0.287. The van der Waals surface area contributed by atoms with Gasteiger partial charge in [-0.05, 0) is 64.3 Å². The molecular weight excluding hydrogens is 194 g/mol. The van der Waals surface area contributed by atoms with Crippen molar-refractivity contribution in [2.75, 3.05) is 6.54 Å². The Morgan fingerprint density at radius 1 is 1.19 bits per heavy atom. The van der Waals surface area contributed by atoms with Crippen LogP contribution >= 0.6 is 0 Å². The Labute approximate surface area is 102 Å². The van der Waals surface area contributed by atoms with Gasteiger partial charge in [-0.2, -0.15) is 0 Å². The maximum atomic E-state index is 3.66. The van der Waals surface area contributed by atoms with Gasteiger partial charge < -0.3 is 5.32 Å². The summed E-state index contributed by atoms with van der Waals surface area (Å²) in [5.41, 5.74) is 0.287. The van der Waals surface area contributed by atoms with Crippen LogP contribution in [0.5, 0.6) is 0 Å². The third-order valence-corrected chi connectivity index (χ3v) is 3.96. The molecule has 0 saturated heterocycles. The summed E-state index contributed by atoms with van der Waals surface area (Å²) in [6.45, 7) is 12.8. The van der Waals surface area contributed by atoms with Crippen molar-refractivity contribution in [1.82, 2.24) is 5.32 Å². The smallest absolute Gasteiger partial charge is 0.00966 e. The summed E-state index contributed by atoms with van der Waals surface area (Å²) >= 11 is 0. The van der Waals surface area contributed by atoms with Crippen molar-refractivity contribution in [3.8, 4) is 0 Å². The van der Waals surface area contributed by atoms with E-state index in [2.05, 4.69) is 39.9 Å². The zero-order valence-corrected chi connectivity index (χ0v) is 12.0. The van der Waals surface area contributed by atoms with Crippen LogP contribution in [0.1, 0.15) is 66.7 Å². The Morgan fingerprint density at radius 3 is 2.25 bits per heavy atom. The fraction of sp³-hybridized carbons (Fsp3) is 1.00. The van der Waals surface area contributed by atoms with Crippen molar-refractivity contribution < 1.29 is 0 Å². The monoisotopic (exact) mass is 225 g/mol. The Bertz CT molecular complexity index is 192. The molecule has 1 saturated carbocycles. The van der Waals surface area contributed by atoms with Crippen LogP contribution < -0.4 is 5.32 Å². The summed E-state index contributed by atoms with van der Waals surface area (Å²) in [4.78, 5) is 0. The van der Waals surface area contributed by atoms with Crippen LogP contribution in [0.3, 0.4) is 0 Å². The largest absolute Gasteiger partial charge is 0.312 e. The molecule has 0 spiro atoms. The van der Waals surface area contributed by atoms with E-state index in [0.29, 0.717) is 0 Å². The van der Waals surface area contributed by atoms with Gasteiger partial charge in [0, 0.05) is 5.54 Å². The SMILES string of the molecule is CCCC(C)CC1CCC1CNC(C)(C)C. The molecule has 0 radical (unpaired) electrons. The van der Waals surface area contributed by atoms with Crippen molar-refractivity contribution >= 4 is 0 Å². The lowest BCUT2D eigenvalue weighted by Crippen LogP contribution is -2.43. The highest BCUT2D eigenvalue weighted by Crippen LogP contribution is 2.39. The first-order chi connectivity index (χ1) is 7.42. The molecule has 3 atom stereocenters. The molecule has 0 heterocycles. The van der Waals surface area contributed by atoms with Gasteiger partial charge in [-0.1, -0.05) is 26.7 Å². The molecule has 1 fully saturated rings. The summed E-state index contributed by atoms with van der Waals surface area (Å²) in [5, 5.41) is 3.66. The van der Waals surface area contributed by atoms with E-state index in [1.807, 2.05) is 0 Å². The standard InChI is InChI=1S/C15H31N/c1-6-7-12(2)10-13-8-9-14(13)11-16-15(3,4)5/h12-14,16H,6-11H2,1-5H3. The van der Waals surface area contributed by atoms with Gasteiger partial charge in [0.25, 0.3) is 0 Å². The van der Waals surface area contributed by atoms with Crippen LogP contribution in [-0.4, -0.2) is 12.1 Å². The van der Waals surface area contributed by atoms with Crippen LogP contribution in [0.15, 0.2) is 0 Å². The van der Waals surface area contributed by atoms with Gasteiger partial charge in [0.05, 0.1) is 0 Å². The number of nitrogens with one attached hydrogen (secondary N) is 1. The fourth-order valence-corrected chi connectivity index (χ4v) is 2.78. The molecule has 0 aliphatic heterocycles. The molecule has 1 rings (SSSR count). The molecule has 3 unspecified atom stereocenters. The van der Waals surface area contributed by atoms with E-state index >= 15 is 0 Å². The van der Waals surface area contributed by atoms with E-state index in [4.69, 9.17) is 0 Å². The lowest BCUT2D eigenvalue weighted by Gasteiger charge is -2.40. The Kier molecular flexibility index (Phi) is 5.30. The molecule has 0 aromatic rings. The second kappa shape index (κ2) is 6.05. The normalized spacial score (nSPS) is 27.6. The minimum Gasteiger partial charge on any atom is -0.312 e. The summed E-state index contributed by atoms with van der Waals surface area (Å²) in [5.74, 6) is 2.90. The molecule has 0 amide bonds. The zero-order chi connectivity index (χ0) is 12.2. The lowest BCUT2D eigenvalue weighted by atomic mass is 9.69. The fourth-order valence-electron chi connectivity index (χ4n) is 2.78. The van der Waals surface area contributed by atoms with Crippen LogP contribution in [0.25, 0.3) is 0 Å². The predicted molar refractivity (Wildman–Crippen MR) is 72.7 cm³/mol. The second-order valence-corrected chi connectivity index (χ2v) is 6.86. The van der Waals surface area contributed by atoms with Gasteiger partial charge >= 0.3 is 0 Å². The number of hydrogen-bond donors (Lipinski definition) is 1. The molecular formula is C15H31N. The number of hydrogen-bond acceptors (Lipinski definition) is 1. The van der Waals surface area contributed by atoms with Gasteiger partial charge in [0.1, 0.15) is 0 Å². The predicted octanol–water partition coefficient (Wildman–Crippen LogP) is 4.23.